The fraction of sp³-hybridized carbons (Fsp3) is 0.278. The Kier molecular flexibility index (Phi) is 4.23. The Hall–Kier alpha value is -2.67. The second-order valence-electron chi connectivity index (χ2n) is 5.94. The fourth-order valence-corrected chi connectivity index (χ4v) is 4.49. The van der Waals surface area contributed by atoms with Crippen molar-refractivity contribution in [2.45, 2.75) is 25.7 Å². The summed E-state index contributed by atoms with van der Waals surface area (Å²) in [6.07, 6.45) is 12.9. The highest BCUT2D eigenvalue weighted by Crippen LogP contribution is 2.38. The third-order valence-electron chi connectivity index (χ3n) is 4.42. The smallest absolute Gasteiger partial charge is 0.158 e. The van der Waals surface area contributed by atoms with Crippen LogP contribution in [0.2, 0.25) is 0 Å². The van der Waals surface area contributed by atoms with E-state index in [1.54, 1.807) is 37.0 Å². The summed E-state index contributed by atoms with van der Waals surface area (Å²) >= 11 is 1.78. The molecule has 25 heavy (non-hydrogen) atoms. The van der Waals surface area contributed by atoms with Gasteiger partial charge in [-0.1, -0.05) is 0 Å². The molecule has 0 aromatic carbocycles. The lowest BCUT2D eigenvalue weighted by atomic mass is 9.97. The predicted molar refractivity (Wildman–Crippen MR) is 101 cm³/mol. The standard InChI is InChI=1S/C18H19N5OS/c1-24-14-9-20-11(6-7-19)8-13(14)23-17-16-12-4-2-3-5-15(12)25-18(16)22-10-21-17/h6-10,19-20H,2-5H2,1H3,(H,21,22,23)/b11-6-,19-7?. The molecule has 6 nitrogen and oxygen atoms in total. The van der Waals surface area contributed by atoms with Gasteiger partial charge in [-0.2, -0.15) is 0 Å². The van der Waals surface area contributed by atoms with E-state index < -0.39 is 0 Å². The van der Waals surface area contributed by atoms with E-state index in [0.717, 1.165) is 40.3 Å². The van der Waals surface area contributed by atoms with Gasteiger partial charge < -0.3 is 20.8 Å². The Bertz CT molecular complexity index is 925. The van der Waals surface area contributed by atoms with Gasteiger partial charge in [-0.25, -0.2) is 9.97 Å². The van der Waals surface area contributed by atoms with E-state index in [1.807, 2.05) is 6.08 Å². The molecule has 2 aliphatic rings. The molecule has 1 aliphatic carbocycles. The molecule has 7 heteroatoms. The molecule has 0 atom stereocenters. The molecule has 3 heterocycles. The minimum atomic E-state index is 0.693. The fourth-order valence-electron chi connectivity index (χ4n) is 3.26. The Morgan fingerprint density at radius 3 is 3.04 bits per heavy atom. The number of dihydropyridines is 1. The van der Waals surface area contributed by atoms with E-state index >= 15 is 0 Å². The van der Waals surface area contributed by atoms with Crippen LogP contribution in [0.1, 0.15) is 23.3 Å². The highest BCUT2D eigenvalue weighted by atomic mass is 32.1. The van der Waals surface area contributed by atoms with E-state index in [9.17, 15) is 0 Å². The van der Waals surface area contributed by atoms with Gasteiger partial charge in [-0.15, -0.1) is 11.3 Å². The molecular formula is C18H19N5OS. The second-order valence-corrected chi connectivity index (χ2v) is 7.03. The molecule has 0 saturated heterocycles. The number of ether oxygens (including phenoxy) is 1. The first-order valence-electron chi connectivity index (χ1n) is 8.26. The van der Waals surface area contributed by atoms with Crippen LogP contribution < -0.4 is 10.6 Å². The molecule has 2 aromatic heterocycles. The number of hydrogen-bond acceptors (Lipinski definition) is 7. The van der Waals surface area contributed by atoms with E-state index in [4.69, 9.17) is 10.1 Å². The van der Waals surface area contributed by atoms with Gasteiger partial charge in [0, 0.05) is 23.0 Å². The lowest BCUT2D eigenvalue weighted by molar-refractivity contribution is 0.298. The Morgan fingerprint density at radius 1 is 1.32 bits per heavy atom. The van der Waals surface area contributed by atoms with Crippen LogP contribution in [0.5, 0.6) is 0 Å². The summed E-state index contributed by atoms with van der Waals surface area (Å²) in [5, 5.41) is 14.9. The minimum absolute atomic E-state index is 0.693. The summed E-state index contributed by atoms with van der Waals surface area (Å²) in [5.74, 6) is 1.51. The Labute approximate surface area is 149 Å². The summed E-state index contributed by atoms with van der Waals surface area (Å²) in [4.78, 5) is 11.4. The van der Waals surface area contributed by atoms with Crippen molar-refractivity contribution in [1.82, 2.24) is 15.3 Å². The van der Waals surface area contributed by atoms with Gasteiger partial charge in [-0.05, 0) is 43.4 Å². The van der Waals surface area contributed by atoms with E-state index in [2.05, 4.69) is 20.6 Å². The largest absolute Gasteiger partial charge is 0.493 e. The van der Waals surface area contributed by atoms with Crippen LogP contribution in [-0.4, -0.2) is 23.3 Å². The first kappa shape index (κ1) is 15.8. The predicted octanol–water partition coefficient (Wildman–Crippen LogP) is 3.49. The first-order chi connectivity index (χ1) is 12.3. The topological polar surface area (TPSA) is 82.9 Å². The molecule has 0 spiro atoms. The maximum Gasteiger partial charge on any atom is 0.158 e. The van der Waals surface area contributed by atoms with Crippen LogP contribution in [0.25, 0.3) is 10.2 Å². The zero-order valence-corrected chi connectivity index (χ0v) is 14.7. The summed E-state index contributed by atoms with van der Waals surface area (Å²) in [7, 11) is 1.64. The number of fused-ring (bicyclic) bond motifs is 3. The van der Waals surface area contributed by atoms with Crippen LogP contribution in [0, 0.1) is 5.41 Å². The second kappa shape index (κ2) is 6.68. The van der Waals surface area contributed by atoms with Gasteiger partial charge in [-0.3, -0.25) is 0 Å². The normalized spacial score (nSPS) is 18.2. The monoisotopic (exact) mass is 353 g/mol. The van der Waals surface area contributed by atoms with Crippen molar-refractivity contribution >= 4 is 33.6 Å². The number of nitrogens with one attached hydrogen (secondary N) is 3. The van der Waals surface area contributed by atoms with E-state index in [1.165, 1.54) is 29.5 Å². The van der Waals surface area contributed by atoms with Gasteiger partial charge in [0.1, 0.15) is 17.0 Å². The zero-order valence-electron chi connectivity index (χ0n) is 13.9. The van der Waals surface area contributed by atoms with Crippen molar-refractivity contribution in [2.24, 2.45) is 0 Å². The molecule has 128 valence electrons. The van der Waals surface area contributed by atoms with Crippen LogP contribution in [0.15, 0.2) is 41.8 Å². The van der Waals surface area contributed by atoms with E-state index in [-0.39, 0.29) is 0 Å². The summed E-state index contributed by atoms with van der Waals surface area (Å²) in [6, 6.07) is 0. The first-order valence-corrected chi connectivity index (χ1v) is 9.07. The molecule has 4 rings (SSSR count). The highest BCUT2D eigenvalue weighted by Gasteiger charge is 2.21. The summed E-state index contributed by atoms with van der Waals surface area (Å²) < 4.78 is 5.45. The van der Waals surface area contributed by atoms with Gasteiger partial charge in [0.25, 0.3) is 0 Å². The number of hydrogen-bond donors (Lipinski definition) is 3. The average molecular weight is 353 g/mol. The average Bonchev–Trinajstić information content (AvgIpc) is 3.02. The van der Waals surface area contributed by atoms with Crippen LogP contribution in [0.4, 0.5) is 5.82 Å². The lowest BCUT2D eigenvalue weighted by Gasteiger charge is -2.19. The number of aryl methyl sites for hydroxylation is 2. The minimum Gasteiger partial charge on any atom is -0.493 e. The molecule has 0 amide bonds. The van der Waals surface area contributed by atoms with E-state index in [0.29, 0.717) is 5.76 Å². The quantitative estimate of drug-likeness (QED) is 0.733. The van der Waals surface area contributed by atoms with Crippen molar-refractivity contribution in [1.29, 1.82) is 5.41 Å². The van der Waals surface area contributed by atoms with Gasteiger partial charge in [0.05, 0.1) is 18.2 Å². The van der Waals surface area contributed by atoms with Gasteiger partial charge in [0.2, 0.25) is 0 Å². The molecule has 0 fully saturated rings. The zero-order chi connectivity index (χ0) is 17.2. The molecule has 0 saturated carbocycles. The number of thiophene rings is 1. The number of methoxy groups -OCH3 is 1. The molecule has 1 aliphatic heterocycles. The third kappa shape index (κ3) is 2.91. The van der Waals surface area contributed by atoms with Crippen molar-refractivity contribution in [3.05, 3.63) is 52.3 Å². The maximum absolute atomic E-state index is 7.25. The van der Waals surface area contributed by atoms with Crippen LogP contribution in [-0.2, 0) is 17.6 Å². The molecule has 3 N–H and O–H groups in total. The highest BCUT2D eigenvalue weighted by molar-refractivity contribution is 7.19. The van der Waals surface area contributed by atoms with Gasteiger partial charge >= 0.3 is 0 Å². The number of nitrogens with zero attached hydrogens (tertiary/aromatic N) is 2. The van der Waals surface area contributed by atoms with Crippen molar-refractivity contribution < 1.29 is 4.74 Å². The number of rotatable bonds is 4. The van der Waals surface area contributed by atoms with Crippen molar-refractivity contribution in [3.63, 3.8) is 0 Å². The molecule has 0 bridgehead atoms. The summed E-state index contributed by atoms with van der Waals surface area (Å²) in [6.45, 7) is 0. The maximum atomic E-state index is 7.25. The van der Waals surface area contributed by atoms with Crippen molar-refractivity contribution in [2.75, 3.05) is 12.4 Å². The number of anilines is 1. The van der Waals surface area contributed by atoms with Crippen LogP contribution >= 0.6 is 11.3 Å². The van der Waals surface area contributed by atoms with Crippen LogP contribution in [0.3, 0.4) is 0 Å². The van der Waals surface area contributed by atoms with Gasteiger partial charge in [0.15, 0.2) is 5.76 Å². The Morgan fingerprint density at radius 2 is 2.20 bits per heavy atom. The third-order valence-corrected chi connectivity index (χ3v) is 5.62. The number of aromatic nitrogens is 2. The van der Waals surface area contributed by atoms with Crippen molar-refractivity contribution in [3.8, 4) is 0 Å². The summed E-state index contributed by atoms with van der Waals surface area (Å²) in [5.41, 5.74) is 3.02. The molecule has 0 unspecified atom stereocenters. The molecule has 0 radical (unpaired) electrons. The Balaban J connectivity index is 1.77. The molecule has 2 aromatic rings. The SMILES string of the molecule is COC1=CN/C(=C\C=N)C=C1Nc1ncnc2sc3c(c12)CCCC3. The lowest BCUT2D eigenvalue weighted by Crippen LogP contribution is -2.17. The number of allylic oxidation sites excluding steroid dienone is 2. The molecular weight excluding hydrogens is 334 g/mol.